The average Bonchev–Trinajstić information content (AvgIpc) is 2.66. The summed E-state index contributed by atoms with van der Waals surface area (Å²) in [5.74, 6) is -3.04. The van der Waals surface area contributed by atoms with E-state index in [0.29, 0.717) is 6.42 Å². The highest BCUT2D eigenvalue weighted by Crippen LogP contribution is 2.14. The molecule has 0 aromatic carbocycles. The SMILES string of the molecule is CCCCCCCCCCCCCCCCCCOC(C(=O)O)C(O)C(=O)O. The van der Waals surface area contributed by atoms with E-state index in [1.54, 1.807) is 0 Å². The minimum absolute atomic E-state index is 0.153. The maximum Gasteiger partial charge on any atom is 0.336 e. The molecule has 0 spiro atoms. The first-order valence-corrected chi connectivity index (χ1v) is 11.3. The molecule has 0 amide bonds. The Labute approximate surface area is 170 Å². The molecule has 0 heterocycles. The van der Waals surface area contributed by atoms with E-state index in [4.69, 9.17) is 14.9 Å². The van der Waals surface area contributed by atoms with E-state index in [1.807, 2.05) is 0 Å². The minimum Gasteiger partial charge on any atom is -0.479 e. The van der Waals surface area contributed by atoms with Crippen molar-refractivity contribution in [3.63, 3.8) is 0 Å². The Balaban J connectivity index is 3.35. The van der Waals surface area contributed by atoms with Crippen LogP contribution >= 0.6 is 0 Å². The zero-order valence-electron chi connectivity index (χ0n) is 17.7. The lowest BCUT2D eigenvalue weighted by Crippen LogP contribution is -2.41. The van der Waals surface area contributed by atoms with Crippen molar-refractivity contribution in [3.05, 3.63) is 0 Å². The Bertz CT molecular complexity index is 385. The van der Waals surface area contributed by atoms with E-state index >= 15 is 0 Å². The lowest BCUT2D eigenvalue weighted by Gasteiger charge is -2.16. The molecule has 0 saturated carbocycles. The van der Waals surface area contributed by atoms with Gasteiger partial charge in [0.25, 0.3) is 0 Å². The third-order valence-corrected chi connectivity index (χ3v) is 5.08. The lowest BCUT2D eigenvalue weighted by atomic mass is 10.0. The van der Waals surface area contributed by atoms with Gasteiger partial charge in [0.05, 0.1) is 0 Å². The Kier molecular flexibility index (Phi) is 18.4. The third-order valence-electron chi connectivity index (χ3n) is 5.08. The van der Waals surface area contributed by atoms with Gasteiger partial charge in [-0.3, -0.25) is 0 Å². The van der Waals surface area contributed by atoms with Crippen LogP contribution in [0, 0.1) is 0 Å². The van der Waals surface area contributed by atoms with E-state index in [2.05, 4.69) is 6.92 Å². The molecule has 166 valence electrons. The number of rotatable bonds is 21. The quantitative estimate of drug-likeness (QED) is 0.229. The number of aliphatic carboxylic acids is 2. The van der Waals surface area contributed by atoms with Crippen molar-refractivity contribution in [2.24, 2.45) is 0 Å². The maximum atomic E-state index is 10.9. The fraction of sp³-hybridized carbons (Fsp3) is 0.909. The summed E-state index contributed by atoms with van der Waals surface area (Å²) in [5.41, 5.74) is 0. The average molecular weight is 403 g/mol. The molecule has 3 N–H and O–H groups in total. The van der Waals surface area contributed by atoms with Gasteiger partial charge in [0.1, 0.15) is 0 Å². The van der Waals surface area contributed by atoms with Gasteiger partial charge < -0.3 is 20.1 Å². The van der Waals surface area contributed by atoms with Gasteiger partial charge in [-0.05, 0) is 6.42 Å². The standard InChI is InChI=1S/C22H42O6/c1-2-3-4-5-6-7-8-9-10-11-12-13-14-15-16-17-18-28-20(22(26)27)19(23)21(24)25/h19-20,23H,2-18H2,1H3,(H,24,25)(H,26,27). The molecular formula is C22H42O6. The summed E-state index contributed by atoms with van der Waals surface area (Å²) < 4.78 is 5.02. The normalized spacial score (nSPS) is 13.4. The van der Waals surface area contributed by atoms with E-state index in [9.17, 15) is 14.7 Å². The Morgan fingerprint density at radius 2 is 1.00 bits per heavy atom. The highest BCUT2D eigenvalue weighted by molar-refractivity contribution is 5.83. The first-order chi connectivity index (χ1) is 13.5. The number of carboxylic acids is 2. The highest BCUT2D eigenvalue weighted by Gasteiger charge is 2.32. The van der Waals surface area contributed by atoms with Crippen LogP contribution in [0.4, 0.5) is 0 Å². The molecule has 6 heteroatoms. The molecule has 0 aromatic heterocycles. The molecule has 0 radical (unpaired) electrons. The van der Waals surface area contributed by atoms with Gasteiger partial charge >= 0.3 is 11.9 Å². The van der Waals surface area contributed by atoms with Crippen LogP contribution in [0.15, 0.2) is 0 Å². The first-order valence-electron chi connectivity index (χ1n) is 11.3. The van der Waals surface area contributed by atoms with Crippen molar-refractivity contribution in [2.75, 3.05) is 6.61 Å². The molecule has 0 aliphatic carbocycles. The fourth-order valence-electron chi connectivity index (χ4n) is 3.29. The van der Waals surface area contributed by atoms with Crippen LogP contribution in [-0.4, -0.2) is 46.1 Å². The van der Waals surface area contributed by atoms with Crippen molar-refractivity contribution in [3.8, 4) is 0 Å². The number of unbranched alkanes of at least 4 members (excludes halogenated alkanes) is 15. The predicted octanol–water partition coefficient (Wildman–Crippen LogP) is 5.16. The van der Waals surface area contributed by atoms with Crippen LogP contribution in [0.1, 0.15) is 110 Å². The zero-order valence-corrected chi connectivity index (χ0v) is 17.7. The molecule has 6 nitrogen and oxygen atoms in total. The summed E-state index contributed by atoms with van der Waals surface area (Å²) >= 11 is 0. The fourth-order valence-corrected chi connectivity index (χ4v) is 3.29. The van der Waals surface area contributed by atoms with Crippen LogP contribution in [-0.2, 0) is 14.3 Å². The summed E-state index contributed by atoms with van der Waals surface area (Å²) in [6.45, 7) is 2.40. The smallest absolute Gasteiger partial charge is 0.336 e. The summed E-state index contributed by atoms with van der Waals surface area (Å²) in [7, 11) is 0. The second kappa shape index (κ2) is 19.2. The third kappa shape index (κ3) is 15.9. The van der Waals surface area contributed by atoms with Gasteiger partial charge in [0.2, 0.25) is 0 Å². The Morgan fingerprint density at radius 3 is 1.32 bits per heavy atom. The van der Waals surface area contributed by atoms with Crippen LogP contribution in [0.2, 0.25) is 0 Å². The first kappa shape index (κ1) is 26.9. The predicted molar refractivity (Wildman–Crippen MR) is 111 cm³/mol. The number of hydrogen-bond acceptors (Lipinski definition) is 4. The molecule has 2 atom stereocenters. The molecule has 2 unspecified atom stereocenters. The minimum atomic E-state index is -2.03. The number of aliphatic hydroxyl groups is 1. The molecule has 0 rings (SSSR count). The monoisotopic (exact) mass is 402 g/mol. The van der Waals surface area contributed by atoms with E-state index < -0.39 is 24.1 Å². The van der Waals surface area contributed by atoms with E-state index in [1.165, 1.54) is 77.0 Å². The summed E-state index contributed by atoms with van der Waals surface area (Å²) in [6, 6.07) is 0. The molecule has 0 fully saturated rings. The van der Waals surface area contributed by atoms with Gasteiger partial charge in [-0.2, -0.15) is 0 Å². The zero-order chi connectivity index (χ0) is 21.0. The largest absolute Gasteiger partial charge is 0.479 e. The van der Waals surface area contributed by atoms with Crippen molar-refractivity contribution in [1.82, 2.24) is 0 Å². The van der Waals surface area contributed by atoms with E-state index in [0.717, 1.165) is 19.3 Å². The number of carboxylic acid groups (broad SMARTS) is 2. The molecule has 0 aliphatic rings. The number of aliphatic hydroxyl groups excluding tert-OH is 1. The summed E-state index contributed by atoms with van der Waals surface area (Å²) in [5, 5.41) is 26.8. The highest BCUT2D eigenvalue weighted by atomic mass is 16.5. The van der Waals surface area contributed by atoms with Crippen LogP contribution in [0.25, 0.3) is 0 Å². The second-order valence-corrected chi connectivity index (χ2v) is 7.72. The Hall–Kier alpha value is -1.14. The van der Waals surface area contributed by atoms with Gasteiger partial charge in [-0.1, -0.05) is 103 Å². The number of hydrogen-bond donors (Lipinski definition) is 3. The number of carbonyl (C=O) groups is 2. The van der Waals surface area contributed by atoms with Crippen molar-refractivity contribution in [2.45, 2.75) is 122 Å². The summed E-state index contributed by atoms with van der Waals surface area (Å²) in [4.78, 5) is 21.5. The van der Waals surface area contributed by atoms with Crippen molar-refractivity contribution >= 4 is 11.9 Å². The molecule has 0 aromatic rings. The van der Waals surface area contributed by atoms with Crippen molar-refractivity contribution < 1.29 is 29.6 Å². The van der Waals surface area contributed by atoms with Gasteiger partial charge in [0.15, 0.2) is 12.2 Å². The van der Waals surface area contributed by atoms with Gasteiger partial charge in [-0.15, -0.1) is 0 Å². The molecule has 0 aliphatic heterocycles. The molecule has 0 saturated heterocycles. The number of ether oxygens (including phenoxy) is 1. The molecular weight excluding hydrogens is 360 g/mol. The van der Waals surface area contributed by atoms with E-state index in [-0.39, 0.29) is 6.61 Å². The lowest BCUT2D eigenvalue weighted by molar-refractivity contribution is -0.171. The summed E-state index contributed by atoms with van der Waals surface area (Å²) in [6.07, 6.45) is 16.3. The van der Waals surface area contributed by atoms with Crippen LogP contribution in [0.3, 0.4) is 0 Å². The van der Waals surface area contributed by atoms with Crippen molar-refractivity contribution in [1.29, 1.82) is 0 Å². The van der Waals surface area contributed by atoms with Crippen LogP contribution in [0.5, 0.6) is 0 Å². The molecule has 0 bridgehead atoms. The molecule has 28 heavy (non-hydrogen) atoms. The Morgan fingerprint density at radius 1 is 0.643 bits per heavy atom. The van der Waals surface area contributed by atoms with Crippen LogP contribution < -0.4 is 0 Å². The van der Waals surface area contributed by atoms with Gasteiger partial charge in [-0.25, -0.2) is 9.59 Å². The maximum absolute atomic E-state index is 10.9. The second-order valence-electron chi connectivity index (χ2n) is 7.72. The topological polar surface area (TPSA) is 104 Å². The van der Waals surface area contributed by atoms with Gasteiger partial charge in [0, 0.05) is 6.61 Å².